The molecule has 0 bridgehead atoms. The van der Waals surface area contributed by atoms with Crippen LogP contribution >= 0.6 is 0 Å². The summed E-state index contributed by atoms with van der Waals surface area (Å²) in [6, 6.07) is 0. The van der Waals surface area contributed by atoms with E-state index >= 15 is 0 Å². The van der Waals surface area contributed by atoms with Crippen LogP contribution in [0.25, 0.3) is 0 Å². The molecule has 0 aromatic rings. The van der Waals surface area contributed by atoms with Crippen LogP contribution in [-0.2, 0) is 9.53 Å². The second-order valence-corrected chi connectivity index (χ2v) is 9.72. The number of aliphatic hydroxyl groups is 1. The lowest BCUT2D eigenvalue weighted by atomic mass is 9.46. The summed E-state index contributed by atoms with van der Waals surface area (Å²) >= 11 is 0. The number of carbonyl (C=O) groups is 1. The topological polar surface area (TPSA) is 46.5 Å². The van der Waals surface area contributed by atoms with E-state index in [1.54, 1.807) is 6.08 Å². The zero-order chi connectivity index (χ0) is 20.5. The average molecular weight is 385 g/mol. The largest absolute Gasteiger partial charge is 0.428 e. The highest BCUT2D eigenvalue weighted by Gasteiger charge is 2.53. The van der Waals surface area contributed by atoms with Crippen molar-refractivity contribution in [2.45, 2.75) is 78.9 Å². The van der Waals surface area contributed by atoms with E-state index in [1.807, 2.05) is 6.08 Å². The molecule has 5 atom stereocenters. The van der Waals surface area contributed by atoms with E-state index in [-0.39, 0.29) is 0 Å². The number of ether oxygens (including phenoxy) is 1. The first-order valence-corrected chi connectivity index (χ1v) is 10.8. The minimum Gasteiger partial charge on any atom is -0.428 e. The molecule has 0 spiro atoms. The highest BCUT2D eigenvalue weighted by Crippen LogP contribution is 2.62. The predicted molar refractivity (Wildman–Crippen MR) is 113 cm³/mol. The summed E-state index contributed by atoms with van der Waals surface area (Å²) in [4.78, 5) is 11.2. The fourth-order valence-corrected chi connectivity index (χ4v) is 5.81. The van der Waals surface area contributed by atoms with Crippen LogP contribution in [0.5, 0.6) is 0 Å². The molecule has 0 aromatic carbocycles. The van der Waals surface area contributed by atoms with Crippen molar-refractivity contribution in [3.8, 4) is 0 Å². The van der Waals surface area contributed by atoms with Gasteiger partial charge in [-0.15, -0.1) is 0 Å². The number of esters is 1. The Hall–Kier alpha value is -1.61. The molecule has 0 saturated heterocycles. The van der Waals surface area contributed by atoms with E-state index in [9.17, 15) is 9.90 Å². The van der Waals surface area contributed by atoms with Crippen molar-refractivity contribution in [1.82, 2.24) is 0 Å². The van der Waals surface area contributed by atoms with Gasteiger partial charge < -0.3 is 9.84 Å². The number of cyclic esters (lactones) is 1. The molecular formula is C25H36O3. The summed E-state index contributed by atoms with van der Waals surface area (Å²) in [7, 11) is 0. The van der Waals surface area contributed by atoms with Gasteiger partial charge in [0, 0.05) is 11.6 Å². The van der Waals surface area contributed by atoms with Crippen LogP contribution in [0.2, 0.25) is 0 Å². The van der Waals surface area contributed by atoms with Crippen LogP contribution in [0.15, 0.2) is 47.6 Å². The standard InChI is InChI=1S/C25H36O3/c1-17(8-6-10-20-16-22(26)28-23(20)27)12-14-24(4)19(3)13-15-25(5)18(2)9-7-11-21(24)25/h6,8,10,16,19,21,23,27H,2,7,9,11-15H2,1,3-5H3. The van der Waals surface area contributed by atoms with E-state index in [1.165, 1.54) is 55.7 Å². The Balaban J connectivity index is 1.67. The Kier molecular flexibility index (Phi) is 6.05. The van der Waals surface area contributed by atoms with Gasteiger partial charge in [-0.2, -0.15) is 0 Å². The third-order valence-electron chi connectivity index (χ3n) is 8.09. The molecule has 3 nitrogen and oxygen atoms in total. The molecule has 1 N–H and O–H groups in total. The van der Waals surface area contributed by atoms with Crippen LogP contribution in [-0.4, -0.2) is 17.4 Å². The smallest absolute Gasteiger partial charge is 0.333 e. The van der Waals surface area contributed by atoms with E-state index in [4.69, 9.17) is 4.74 Å². The van der Waals surface area contributed by atoms with Crippen molar-refractivity contribution in [2.75, 3.05) is 0 Å². The molecule has 0 aromatic heterocycles. The number of carbonyl (C=O) groups excluding carboxylic acids is 1. The zero-order valence-corrected chi connectivity index (χ0v) is 18.0. The van der Waals surface area contributed by atoms with Gasteiger partial charge in [0.2, 0.25) is 6.29 Å². The van der Waals surface area contributed by atoms with Gasteiger partial charge in [0.25, 0.3) is 0 Å². The van der Waals surface area contributed by atoms with E-state index in [2.05, 4.69) is 40.3 Å². The van der Waals surface area contributed by atoms with Crippen molar-refractivity contribution in [2.24, 2.45) is 22.7 Å². The lowest BCUT2D eigenvalue weighted by molar-refractivity contribution is -0.150. The van der Waals surface area contributed by atoms with Gasteiger partial charge in [0.1, 0.15) is 0 Å². The molecular weight excluding hydrogens is 348 g/mol. The Labute approximate surface area is 170 Å². The number of rotatable bonds is 5. The lowest BCUT2D eigenvalue weighted by Crippen LogP contribution is -2.50. The second-order valence-electron chi connectivity index (χ2n) is 9.72. The molecule has 2 fully saturated rings. The molecule has 1 heterocycles. The molecule has 28 heavy (non-hydrogen) atoms. The summed E-state index contributed by atoms with van der Waals surface area (Å²) in [6.45, 7) is 14.1. The SMILES string of the molecule is C=C1CCCC2C1(C)CCC(C)C2(C)CCC(C)=CC=CC1=CC(=O)OC1O. The summed E-state index contributed by atoms with van der Waals surface area (Å²) in [5.41, 5.74) is 3.98. The van der Waals surface area contributed by atoms with Gasteiger partial charge in [-0.1, -0.05) is 56.7 Å². The van der Waals surface area contributed by atoms with Gasteiger partial charge in [-0.05, 0) is 74.5 Å². The van der Waals surface area contributed by atoms with Gasteiger partial charge in [-0.3, -0.25) is 0 Å². The molecule has 5 unspecified atom stereocenters. The van der Waals surface area contributed by atoms with Crippen LogP contribution in [0, 0.1) is 22.7 Å². The maximum absolute atomic E-state index is 11.2. The van der Waals surface area contributed by atoms with Crippen LogP contribution in [0.3, 0.4) is 0 Å². The fourth-order valence-electron chi connectivity index (χ4n) is 5.81. The van der Waals surface area contributed by atoms with E-state index in [0.717, 1.165) is 18.3 Å². The highest BCUT2D eigenvalue weighted by molar-refractivity contribution is 5.86. The van der Waals surface area contributed by atoms with Gasteiger partial charge in [0.05, 0.1) is 0 Å². The highest BCUT2D eigenvalue weighted by atomic mass is 16.6. The van der Waals surface area contributed by atoms with Gasteiger partial charge in [0.15, 0.2) is 0 Å². The van der Waals surface area contributed by atoms with Crippen LogP contribution in [0.1, 0.15) is 72.6 Å². The summed E-state index contributed by atoms with van der Waals surface area (Å²) in [5.74, 6) is 0.987. The van der Waals surface area contributed by atoms with Crippen molar-refractivity contribution in [1.29, 1.82) is 0 Å². The number of aliphatic hydroxyl groups excluding tert-OH is 1. The zero-order valence-electron chi connectivity index (χ0n) is 18.0. The average Bonchev–Trinajstić information content (AvgIpc) is 2.96. The van der Waals surface area contributed by atoms with Crippen molar-refractivity contribution < 1.29 is 14.6 Å². The molecule has 3 rings (SSSR count). The molecule has 2 saturated carbocycles. The summed E-state index contributed by atoms with van der Waals surface area (Å²) in [5, 5.41) is 9.63. The minimum absolute atomic E-state index is 0.314. The number of hydrogen-bond donors (Lipinski definition) is 1. The number of allylic oxidation sites excluding steroid dienone is 4. The molecule has 154 valence electrons. The lowest BCUT2D eigenvalue weighted by Gasteiger charge is -2.59. The normalized spacial score (nSPS) is 39.1. The molecule has 2 aliphatic carbocycles. The first-order valence-electron chi connectivity index (χ1n) is 10.8. The second kappa shape index (κ2) is 8.02. The quantitative estimate of drug-likeness (QED) is 0.366. The number of fused-ring (bicyclic) bond motifs is 1. The summed E-state index contributed by atoms with van der Waals surface area (Å²) in [6.07, 6.45) is 14.7. The van der Waals surface area contributed by atoms with E-state index in [0.29, 0.717) is 16.4 Å². The van der Waals surface area contributed by atoms with Gasteiger partial charge in [-0.25, -0.2) is 4.79 Å². The number of hydrogen-bond acceptors (Lipinski definition) is 3. The fraction of sp³-hybridized carbons (Fsp3) is 0.640. The third-order valence-corrected chi connectivity index (χ3v) is 8.09. The Morgan fingerprint density at radius 2 is 2.14 bits per heavy atom. The summed E-state index contributed by atoms with van der Waals surface area (Å²) < 4.78 is 4.70. The maximum atomic E-state index is 11.2. The molecule has 1 aliphatic heterocycles. The van der Waals surface area contributed by atoms with Gasteiger partial charge >= 0.3 is 5.97 Å². The van der Waals surface area contributed by atoms with Crippen LogP contribution < -0.4 is 0 Å². The Morgan fingerprint density at radius 3 is 2.82 bits per heavy atom. The van der Waals surface area contributed by atoms with Crippen molar-refractivity contribution in [3.63, 3.8) is 0 Å². The van der Waals surface area contributed by atoms with Crippen molar-refractivity contribution >= 4 is 5.97 Å². The Morgan fingerprint density at radius 1 is 1.39 bits per heavy atom. The van der Waals surface area contributed by atoms with E-state index < -0.39 is 12.3 Å². The molecule has 0 radical (unpaired) electrons. The van der Waals surface area contributed by atoms with Crippen molar-refractivity contribution in [3.05, 3.63) is 47.6 Å². The Bertz CT molecular complexity index is 728. The maximum Gasteiger partial charge on any atom is 0.333 e. The first-order chi connectivity index (χ1) is 13.2. The third kappa shape index (κ3) is 3.91. The van der Waals surface area contributed by atoms with Crippen LogP contribution in [0.4, 0.5) is 0 Å². The molecule has 0 amide bonds. The monoisotopic (exact) mass is 384 g/mol. The first kappa shape index (κ1) is 21.1. The molecule has 3 aliphatic rings. The minimum atomic E-state index is -1.13. The predicted octanol–water partition coefficient (Wildman–Crippen LogP) is 5.87. The molecule has 3 heteroatoms.